The van der Waals surface area contributed by atoms with E-state index < -0.39 is 65.9 Å². The van der Waals surface area contributed by atoms with Crippen molar-refractivity contribution in [3.05, 3.63) is 0 Å². The molecule has 1 saturated carbocycles. The van der Waals surface area contributed by atoms with E-state index in [4.69, 9.17) is 15.2 Å². The van der Waals surface area contributed by atoms with Crippen molar-refractivity contribution in [3.63, 3.8) is 0 Å². The molecule has 1 heterocycles. The Bertz CT molecular complexity index is 1130. The number of rotatable bonds is 15. The molecule has 14 heteroatoms. The van der Waals surface area contributed by atoms with Crippen LogP contribution in [0.1, 0.15) is 112 Å². The Morgan fingerprint density at radius 3 is 2.15 bits per heavy atom. The summed E-state index contributed by atoms with van der Waals surface area (Å²) in [7, 11) is 5.58. The van der Waals surface area contributed by atoms with Gasteiger partial charge in [-0.1, -0.05) is 72.6 Å². The standard InChI is InChI=1S/C39H73N7O7/c1-9-10-11-15-19-33-28(5)39(51)46(8)32(22-26(2)3)37(49)44-34(29-17-13-12-14-18-29)38(50)42-30(23-40)35(47)43-31(25-52-21-16-20-45(6)7)36(48)41-27(4)24-53-33/h26-34H,9-25,40H2,1-8H3,(H,41,48)(H,42,50)(H,43,47)(H,44,49)/t27-,28-,30+,31+,32+,33-,34+/m1/s1. The minimum absolute atomic E-state index is 0.0836. The van der Waals surface area contributed by atoms with Gasteiger partial charge in [-0.05, 0) is 71.5 Å². The first-order valence-electron chi connectivity index (χ1n) is 20.2. The van der Waals surface area contributed by atoms with Gasteiger partial charge in [-0.2, -0.15) is 0 Å². The number of unbranched alkanes of at least 4 members (excludes halogenated alkanes) is 3. The lowest BCUT2D eigenvalue weighted by Crippen LogP contribution is -2.62. The highest BCUT2D eigenvalue weighted by atomic mass is 16.5. The van der Waals surface area contributed by atoms with Gasteiger partial charge in [0.2, 0.25) is 29.5 Å². The minimum Gasteiger partial charge on any atom is -0.379 e. The Morgan fingerprint density at radius 1 is 0.868 bits per heavy atom. The predicted molar refractivity (Wildman–Crippen MR) is 207 cm³/mol. The van der Waals surface area contributed by atoms with Gasteiger partial charge >= 0.3 is 0 Å². The lowest BCUT2D eigenvalue weighted by Gasteiger charge is -2.36. The zero-order valence-electron chi connectivity index (χ0n) is 34.0. The van der Waals surface area contributed by atoms with Gasteiger partial charge in [0.1, 0.15) is 24.2 Å². The largest absolute Gasteiger partial charge is 0.379 e. The summed E-state index contributed by atoms with van der Waals surface area (Å²) < 4.78 is 12.2. The molecular formula is C39H73N7O7. The number of carbonyl (C=O) groups excluding carboxylic acids is 5. The highest BCUT2D eigenvalue weighted by molar-refractivity contribution is 5.96. The molecule has 5 amide bonds. The van der Waals surface area contributed by atoms with E-state index in [0.29, 0.717) is 19.4 Å². The molecule has 14 nitrogen and oxygen atoms in total. The number of hydrogen-bond acceptors (Lipinski definition) is 9. The van der Waals surface area contributed by atoms with E-state index >= 15 is 0 Å². The van der Waals surface area contributed by atoms with Gasteiger partial charge < -0.3 is 46.3 Å². The molecule has 2 fully saturated rings. The number of nitrogens with one attached hydrogen (secondary N) is 4. The lowest BCUT2D eigenvalue weighted by molar-refractivity contribution is -0.147. The maximum Gasteiger partial charge on any atom is 0.245 e. The van der Waals surface area contributed by atoms with E-state index in [2.05, 4.69) is 28.2 Å². The van der Waals surface area contributed by atoms with E-state index in [1.54, 1.807) is 14.0 Å². The molecule has 1 saturated heterocycles. The summed E-state index contributed by atoms with van der Waals surface area (Å²) in [6.07, 6.45) is 9.69. The fourth-order valence-electron chi connectivity index (χ4n) is 7.17. The minimum atomic E-state index is -1.16. The molecule has 0 aromatic carbocycles. The molecule has 306 valence electrons. The van der Waals surface area contributed by atoms with Crippen LogP contribution in [0.4, 0.5) is 0 Å². The maximum atomic E-state index is 14.2. The first-order valence-corrected chi connectivity index (χ1v) is 20.2. The number of amides is 5. The first-order chi connectivity index (χ1) is 25.2. The number of hydrogen-bond donors (Lipinski definition) is 5. The number of likely N-dealkylation sites (N-methyl/N-ethyl adjacent to an activating group) is 1. The molecule has 0 unspecified atom stereocenters. The van der Waals surface area contributed by atoms with Crippen molar-refractivity contribution in [1.82, 2.24) is 31.1 Å². The summed E-state index contributed by atoms with van der Waals surface area (Å²) in [5, 5.41) is 11.5. The maximum absolute atomic E-state index is 14.2. The van der Waals surface area contributed by atoms with Gasteiger partial charge in [0.05, 0.1) is 25.2 Å². The molecule has 1 aliphatic heterocycles. The predicted octanol–water partition coefficient (Wildman–Crippen LogP) is 2.33. The Kier molecular flexibility index (Phi) is 21.5. The molecule has 1 aliphatic carbocycles. The summed E-state index contributed by atoms with van der Waals surface area (Å²) in [4.78, 5) is 73.3. The molecular weight excluding hydrogens is 678 g/mol. The SMILES string of the molecule is CCCCCC[C@H]1OC[C@@H](C)NC(=O)[C@H](COCCCN(C)C)NC(=O)[C@H](CN)NC(=O)[C@H](C2CCCCC2)NC(=O)[C@H](CC(C)C)N(C)C(=O)[C@@H]1C. The van der Waals surface area contributed by atoms with Crippen molar-refractivity contribution in [1.29, 1.82) is 0 Å². The van der Waals surface area contributed by atoms with Crippen molar-refractivity contribution in [2.45, 2.75) is 148 Å². The molecule has 0 bridgehead atoms. The van der Waals surface area contributed by atoms with E-state index in [0.717, 1.165) is 70.8 Å². The smallest absolute Gasteiger partial charge is 0.245 e. The van der Waals surface area contributed by atoms with Crippen LogP contribution in [0.2, 0.25) is 0 Å². The molecule has 0 spiro atoms. The third-order valence-corrected chi connectivity index (χ3v) is 10.4. The zero-order valence-corrected chi connectivity index (χ0v) is 34.0. The lowest BCUT2D eigenvalue weighted by atomic mass is 9.83. The molecule has 0 aromatic heterocycles. The van der Waals surface area contributed by atoms with Crippen molar-refractivity contribution in [2.75, 3.05) is 54.1 Å². The summed E-state index contributed by atoms with van der Waals surface area (Å²) in [5.74, 6) is -2.88. The van der Waals surface area contributed by atoms with Crippen LogP contribution in [0.5, 0.6) is 0 Å². The summed E-state index contributed by atoms with van der Waals surface area (Å²) in [6, 6.07) is -4.45. The van der Waals surface area contributed by atoms with Crippen LogP contribution in [0, 0.1) is 17.8 Å². The number of ether oxygens (including phenoxy) is 2. The van der Waals surface area contributed by atoms with Crippen LogP contribution in [-0.4, -0.2) is 130 Å². The van der Waals surface area contributed by atoms with Crippen LogP contribution in [0.25, 0.3) is 0 Å². The fourth-order valence-corrected chi connectivity index (χ4v) is 7.17. The number of carbonyl (C=O) groups is 5. The van der Waals surface area contributed by atoms with E-state index in [1.807, 2.05) is 39.8 Å². The van der Waals surface area contributed by atoms with Gasteiger partial charge in [0, 0.05) is 26.2 Å². The second kappa shape index (κ2) is 24.6. The Labute approximate surface area is 319 Å². The van der Waals surface area contributed by atoms with Gasteiger partial charge in [-0.3, -0.25) is 24.0 Å². The molecule has 7 atom stereocenters. The fraction of sp³-hybridized carbons (Fsp3) is 0.872. The zero-order chi connectivity index (χ0) is 39.5. The highest BCUT2D eigenvalue weighted by Gasteiger charge is 2.39. The van der Waals surface area contributed by atoms with Crippen molar-refractivity contribution >= 4 is 29.5 Å². The second-order valence-corrected chi connectivity index (χ2v) is 16.0. The highest BCUT2D eigenvalue weighted by Crippen LogP contribution is 2.28. The van der Waals surface area contributed by atoms with Crippen molar-refractivity contribution in [3.8, 4) is 0 Å². The van der Waals surface area contributed by atoms with E-state index in [1.165, 1.54) is 4.90 Å². The quantitative estimate of drug-likeness (QED) is 0.157. The third kappa shape index (κ3) is 16.2. The van der Waals surface area contributed by atoms with Gasteiger partial charge in [0.15, 0.2) is 0 Å². The number of nitrogens with two attached hydrogens (primary N) is 1. The van der Waals surface area contributed by atoms with Crippen LogP contribution in [0.3, 0.4) is 0 Å². The van der Waals surface area contributed by atoms with Crippen molar-refractivity contribution < 1.29 is 33.4 Å². The first kappa shape index (κ1) is 46.3. The second-order valence-electron chi connectivity index (χ2n) is 16.0. The van der Waals surface area contributed by atoms with Crippen LogP contribution < -0.4 is 27.0 Å². The topological polar surface area (TPSA) is 184 Å². The average Bonchev–Trinajstić information content (AvgIpc) is 3.12. The normalized spacial score (nSPS) is 28.2. The van der Waals surface area contributed by atoms with Crippen LogP contribution >= 0.6 is 0 Å². The molecule has 0 radical (unpaired) electrons. The molecule has 2 aliphatic rings. The Morgan fingerprint density at radius 2 is 1.53 bits per heavy atom. The Balaban J connectivity index is 2.52. The van der Waals surface area contributed by atoms with Gasteiger partial charge in [-0.25, -0.2) is 0 Å². The van der Waals surface area contributed by atoms with E-state index in [9.17, 15) is 24.0 Å². The van der Waals surface area contributed by atoms with Crippen LogP contribution in [-0.2, 0) is 33.4 Å². The average molecular weight is 752 g/mol. The summed E-state index contributed by atoms with van der Waals surface area (Å²) in [5.41, 5.74) is 6.04. The molecule has 53 heavy (non-hydrogen) atoms. The van der Waals surface area contributed by atoms with Crippen LogP contribution in [0.15, 0.2) is 0 Å². The molecule has 6 N–H and O–H groups in total. The van der Waals surface area contributed by atoms with Crippen molar-refractivity contribution in [2.24, 2.45) is 23.5 Å². The third-order valence-electron chi connectivity index (χ3n) is 10.4. The van der Waals surface area contributed by atoms with E-state index in [-0.39, 0.29) is 37.5 Å². The summed E-state index contributed by atoms with van der Waals surface area (Å²) in [6.45, 7) is 10.8. The molecule has 2 rings (SSSR count). The number of nitrogens with zero attached hydrogens (tertiary/aromatic N) is 2. The monoisotopic (exact) mass is 752 g/mol. The Hall–Kier alpha value is -2.81. The van der Waals surface area contributed by atoms with Gasteiger partial charge in [0.25, 0.3) is 0 Å². The molecule has 0 aromatic rings. The summed E-state index contributed by atoms with van der Waals surface area (Å²) >= 11 is 0. The van der Waals surface area contributed by atoms with Gasteiger partial charge in [-0.15, -0.1) is 0 Å².